The maximum absolute atomic E-state index is 5.83. The lowest BCUT2D eigenvalue weighted by atomic mass is 10.1. The molecule has 0 saturated carbocycles. The highest BCUT2D eigenvalue weighted by Gasteiger charge is 2.35. The summed E-state index contributed by atoms with van der Waals surface area (Å²) in [6.45, 7) is 0. The van der Waals surface area contributed by atoms with Gasteiger partial charge in [0.2, 0.25) is 3.79 Å². The summed E-state index contributed by atoms with van der Waals surface area (Å²) in [6, 6.07) is -0.108. The quantitative estimate of drug-likeness (QED) is 0.504. The maximum atomic E-state index is 5.83. The lowest BCUT2D eigenvalue weighted by molar-refractivity contribution is 0.380. The number of rotatable bonds is 0. The normalized spacial score (nSPS) is 33.8. The molecule has 0 amide bonds. The Labute approximate surface area is 86.3 Å². The van der Waals surface area contributed by atoms with Crippen LogP contribution in [0.15, 0.2) is 0 Å². The Hall–Kier alpha value is 1.12. The molecule has 66 valence electrons. The summed E-state index contributed by atoms with van der Waals surface area (Å²) in [5.74, 6) is 0. The van der Waals surface area contributed by atoms with Crippen molar-refractivity contribution in [2.45, 2.75) is 34.6 Å². The highest BCUT2D eigenvalue weighted by molar-refractivity contribution is 6.68. The summed E-state index contributed by atoms with van der Waals surface area (Å²) in [7, 11) is 0. The number of halogens is 4. The lowest BCUT2D eigenvalue weighted by Gasteiger charge is -2.32. The van der Waals surface area contributed by atoms with Crippen molar-refractivity contribution in [3.8, 4) is 0 Å². The minimum absolute atomic E-state index is 0.0515. The zero-order valence-corrected chi connectivity index (χ0v) is 8.81. The smallest absolute Gasteiger partial charge is 0.205 e. The molecule has 5 heteroatoms. The van der Waals surface area contributed by atoms with Crippen molar-refractivity contribution in [3.05, 3.63) is 0 Å². The molecule has 2 unspecified atom stereocenters. The van der Waals surface area contributed by atoms with Crippen molar-refractivity contribution in [2.24, 2.45) is 0 Å². The van der Waals surface area contributed by atoms with E-state index in [2.05, 4.69) is 5.32 Å². The molecule has 0 aromatic carbocycles. The first kappa shape index (κ1) is 10.2. The molecule has 1 rings (SSSR count). The van der Waals surface area contributed by atoms with E-state index in [1.165, 1.54) is 0 Å². The number of nitrogens with one attached hydrogen (secondary N) is 1. The topological polar surface area (TPSA) is 12.0 Å². The first-order chi connectivity index (χ1) is 5.00. The Balaban J connectivity index is 2.46. The summed E-state index contributed by atoms with van der Waals surface area (Å²) in [5, 5.41) is 3.03. The molecule has 0 aliphatic carbocycles. The van der Waals surface area contributed by atoms with Crippen LogP contribution in [-0.2, 0) is 0 Å². The van der Waals surface area contributed by atoms with Gasteiger partial charge in [0.15, 0.2) is 0 Å². The average molecular weight is 237 g/mol. The Kier molecular flexibility index (Phi) is 3.60. The second-order valence-corrected chi connectivity index (χ2v) is 5.56. The zero-order valence-electron chi connectivity index (χ0n) is 5.79. The third-order valence-electron chi connectivity index (χ3n) is 1.73. The van der Waals surface area contributed by atoms with Crippen LogP contribution in [0.4, 0.5) is 0 Å². The van der Waals surface area contributed by atoms with Gasteiger partial charge in [-0.1, -0.05) is 34.8 Å². The molecular formula is C6H9Cl4N. The predicted octanol–water partition coefficient (Wildman–Crippen LogP) is 3.06. The number of hydrogen-bond donors (Lipinski definition) is 1. The van der Waals surface area contributed by atoms with E-state index in [4.69, 9.17) is 46.4 Å². The molecule has 0 radical (unpaired) electrons. The van der Waals surface area contributed by atoms with Crippen LogP contribution in [0.2, 0.25) is 0 Å². The third-order valence-corrected chi connectivity index (χ3v) is 2.86. The van der Waals surface area contributed by atoms with Gasteiger partial charge in [-0.3, -0.25) is 5.32 Å². The van der Waals surface area contributed by atoms with Gasteiger partial charge in [-0.25, -0.2) is 0 Å². The number of alkyl halides is 4. The van der Waals surface area contributed by atoms with Crippen LogP contribution in [0, 0.1) is 0 Å². The molecule has 2 atom stereocenters. The lowest BCUT2D eigenvalue weighted by Crippen LogP contribution is -2.46. The minimum atomic E-state index is -1.23. The standard InChI is InChI=1S/C6H9Cl4N/c7-5-3-1-2-4(11-5)6(8,9)10/h4-5,11H,1-3H2. The summed E-state index contributed by atoms with van der Waals surface area (Å²) in [6.07, 6.45) is 2.83. The van der Waals surface area contributed by atoms with Gasteiger partial charge < -0.3 is 0 Å². The third kappa shape index (κ3) is 3.16. The van der Waals surface area contributed by atoms with Crippen LogP contribution < -0.4 is 5.32 Å². The summed E-state index contributed by atoms with van der Waals surface area (Å²) < 4.78 is -1.23. The van der Waals surface area contributed by atoms with Crippen LogP contribution >= 0.6 is 46.4 Å². The molecule has 1 N–H and O–H groups in total. The first-order valence-electron chi connectivity index (χ1n) is 3.47. The molecule has 1 saturated heterocycles. The van der Waals surface area contributed by atoms with E-state index in [1.807, 2.05) is 0 Å². The molecule has 1 fully saturated rings. The Morgan fingerprint density at radius 3 is 2.18 bits per heavy atom. The van der Waals surface area contributed by atoms with Gasteiger partial charge in [0.1, 0.15) is 0 Å². The van der Waals surface area contributed by atoms with Crippen molar-refractivity contribution in [2.75, 3.05) is 0 Å². The fraction of sp³-hybridized carbons (Fsp3) is 1.00. The SMILES string of the molecule is ClC1CCCC(C(Cl)(Cl)Cl)N1. The zero-order chi connectivity index (χ0) is 8.48. The Bertz CT molecular complexity index is 133. The van der Waals surface area contributed by atoms with Crippen molar-refractivity contribution < 1.29 is 0 Å². The highest BCUT2D eigenvalue weighted by Crippen LogP contribution is 2.35. The molecule has 0 aromatic rings. The van der Waals surface area contributed by atoms with Gasteiger partial charge in [0.05, 0.1) is 11.5 Å². The monoisotopic (exact) mass is 235 g/mol. The Morgan fingerprint density at radius 2 is 1.82 bits per heavy atom. The second-order valence-electron chi connectivity index (χ2n) is 2.66. The first-order valence-corrected chi connectivity index (χ1v) is 5.04. The van der Waals surface area contributed by atoms with Crippen LogP contribution in [0.5, 0.6) is 0 Å². The average Bonchev–Trinajstić information content (AvgIpc) is 1.86. The highest BCUT2D eigenvalue weighted by atomic mass is 35.6. The second kappa shape index (κ2) is 3.89. The van der Waals surface area contributed by atoms with Crippen molar-refractivity contribution in [1.82, 2.24) is 5.32 Å². The van der Waals surface area contributed by atoms with E-state index in [0.717, 1.165) is 19.3 Å². The molecule has 11 heavy (non-hydrogen) atoms. The van der Waals surface area contributed by atoms with Gasteiger partial charge in [-0.05, 0) is 19.3 Å². The minimum Gasteiger partial charge on any atom is -0.294 e. The van der Waals surface area contributed by atoms with Crippen molar-refractivity contribution in [3.63, 3.8) is 0 Å². The largest absolute Gasteiger partial charge is 0.294 e. The van der Waals surface area contributed by atoms with E-state index in [1.54, 1.807) is 0 Å². The van der Waals surface area contributed by atoms with Crippen LogP contribution in [0.3, 0.4) is 0 Å². The van der Waals surface area contributed by atoms with E-state index in [-0.39, 0.29) is 11.5 Å². The van der Waals surface area contributed by atoms with Crippen LogP contribution in [0.25, 0.3) is 0 Å². The summed E-state index contributed by atoms with van der Waals surface area (Å²) in [5.41, 5.74) is -0.0515. The van der Waals surface area contributed by atoms with Gasteiger partial charge in [-0.2, -0.15) is 0 Å². The summed E-state index contributed by atoms with van der Waals surface area (Å²) >= 11 is 22.9. The van der Waals surface area contributed by atoms with Gasteiger partial charge in [-0.15, -0.1) is 11.6 Å². The maximum Gasteiger partial charge on any atom is 0.205 e. The van der Waals surface area contributed by atoms with E-state index < -0.39 is 3.79 Å². The van der Waals surface area contributed by atoms with E-state index in [0.29, 0.717) is 0 Å². The fourth-order valence-electron chi connectivity index (χ4n) is 1.14. The van der Waals surface area contributed by atoms with Crippen molar-refractivity contribution >= 4 is 46.4 Å². The van der Waals surface area contributed by atoms with Gasteiger partial charge in [0.25, 0.3) is 0 Å². The fourth-order valence-corrected chi connectivity index (χ4v) is 1.97. The molecular weight excluding hydrogens is 228 g/mol. The Morgan fingerprint density at radius 1 is 1.18 bits per heavy atom. The number of piperidine rings is 1. The van der Waals surface area contributed by atoms with E-state index in [9.17, 15) is 0 Å². The van der Waals surface area contributed by atoms with Gasteiger partial charge in [0, 0.05) is 0 Å². The van der Waals surface area contributed by atoms with Gasteiger partial charge >= 0.3 is 0 Å². The molecule has 1 aliphatic heterocycles. The van der Waals surface area contributed by atoms with E-state index >= 15 is 0 Å². The van der Waals surface area contributed by atoms with Crippen molar-refractivity contribution in [1.29, 1.82) is 0 Å². The molecule has 0 spiro atoms. The molecule has 0 bridgehead atoms. The van der Waals surface area contributed by atoms with Crippen LogP contribution in [0.1, 0.15) is 19.3 Å². The molecule has 0 aromatic heterocycles. The van der Waals surface area contributed by atoms with Crippen LogP contribution in [-0.4, -0.2) is 15.3 Å². The summed E-state index contributed by atoms with van der Waals surface area (Å²) in [4.78, 5) is 0. The predicted molar refractivity (Wildman–Crippen MR) is 50.7 cm³/mol. The molecule has 1 heterocycles. The molecule has 1 aliphatic rings. The molecule has 1 nitrogen and oxygen atoms in total. The number of hydrogen-bond acceptors (Lipinski definition) is 1.